The van der Waals surface area contributed by atoms with E-state index in [-0.39, 0.29) is 36.8 Å². The highest BCUT2D eigenvalue weighted by molar-refractivity contribution is 7.10. The second kappa shape index (κ2) is 10.1. The summed E-state index contributed by atoms with van der Waals surface area (Å²) in [7, 11) is 0. The van der Waals surface area contributed by atoms with Crippen LogP contribution in [0.25, 0.3) is 0 Å². The zero-order chi connectivity index (χ0) is 28.0. The van der Waals surface area contributed by atoms with Crippen LogP contribution in [-0.2, 0) is 25.3 Å². The van der Waals surface area contributed by atoms with Gasteiger partial charge in [0.15, 0.2) is 10.8 Å². The number of amides is 3. The number of nitrogens with zero attached hydrogens (tertiary/aromatic N) is 2. The maximum atomic E-state index is 13.6. The van der Waals surface area contributed by atoms with Crippen molar-refractivity contribution in [3.05, 3.63) is 16.1 Å². The van der Waals surface area contributed by atoms with Crippen molar-refractivity contribution in [2.24, 2.45) is 29.4 Å². The molecule has 3 aliphatic rings. The molecule has 0 spiro atoms. The first-order valence-electron chi connectivity index (χ1n) is 11.8. The minimum atomic E-state index is -5.18. The molecule has 3 heterocycles. The third-order valence-electron chi connectivity index (χ3n) is 7.67. The van der Waals surface area contributed by atoms with Gasteiger partial charge >= 0.3 is 12.5 Å². The van der Waals surface area contributed by atoms with Gasteiger partial charge in [-0.2, -0.15) is 13.2 Å². The molecule has 3 fully saturated rings. The maximum Gasteiger partial charge on any atom is 0.522 e. The predicted octanol–water partition coefficient (Wildman–Crippen LogP) is 2.51. The molecule has 3 N–H and O–H groups in total. The number of halogens is 6. The fourth-order valence-electron chi connectivity index (χ4n) is 6.21. The Bertz CT molecular complexity index is 1120. The average Bonchev–Trinajstić information content (AvgIpc) is 3.58. The summed E-state index contributed by atoms with van der Waals surface area (Å²) in [5, 5.41) is 2.11. The number of rotatable bonds is 8. The molecular weight excluding hydrogens is 546 g/mol. The van der Waals surface area contributed by atoms with Gasteiger partial charge in [-0.15, -0.1) is 24.5 Å². The molecule has 3 unspecified atom stereocenters. The van der Waals surface area contributed by atoms with Gasteiger partial charge in [-0.1, -0.05) is 6.42 Å². The van der Waals surface area contributed by atoms with Crippen molar-refractivity contribution >= 4 is 34.8 Å². The third-order valence-corrected chi connectivity index (χ3v) is 8.56. The molecule has 2 aliphatic heterocycles. The predicted molar refractivity (Wildman–Crippen MR) is 117 cm³/mol. The molecule has 210 valence electrons. The molecule has 1 saturated carbocycles. The lowest BCUT2D eigenvalue weighted by molar-refractivity contribution is -0.321. The summed E-state index contributed by atoms with van der Waals surface area (Å²) in [5.41, 5.74) is 3.03. The number of ether oxygens (including phenoxy) is 1. The van der Waals surface area contributed by atoms with Crippen molar-refractivity contribution in [2.75, 3.05) is 19.7 Å². The van der Waals surface area contributed by atoms with Crippen LogP contribution in [0.2, 0.25) is 0 Å². The van der Waals surface area contributed by atoms with Gasteiger partial charge in [0.25, 0.3) is 5.91 Å². The zero-order valence-corrected chi connectivity index (χ0v) is 20.5. The Kier molecular flexibility index (Phi) is 7.51. The number of likely N-dealkylation sites (tertiary alicyclic amines) is 1. The summed E-state index contributed by atoms with van der Waals surface area (Å²) in [4.78, 5) is 56.8. The summed E-state index contributed by atoms with van der Waals surface area (Å²) in [6.45, 7) is -1.42. The quantitative estimate of drug-likeness (QED) is 0.462. The molecule has 4 rings (SSSR count). The monoisotopic (exact) mass is 570 g/mol. The zero-order valence-electron chi connectivity index (χ0n) is 19.7. The van der Waals surface area contributed by atoms with Crippen molar-refractivity contribution in [2.45, 2.75) is 50.2 Å². The van der Waals surface area contributed by atoms with E-state index in [1.807, 2.05) is 0 Å². The highest BCUT2D eigenvalue weighted by Crippen LogP contribution is 2.54. The van der Waals surface area contributed by atoms with E-state index in [1.165, 1.54) is 0 Å². The minimum Gasteiger partial charge on any atom is -0.368 e. The van der Waals surface area contributed by atoms with Crippen LogP contribution in [-0.4, -0.2) is 65.0 Å². The first kappa shape index (κ1) is 28.3. The number of nitrogens with one attached hydrogen (secondary N) is 1. The Balaban J connectivity index is 1.80. The third kappa shape index (κ3) is 5.11. The Morgan fingerprint density at radius 3 is 2.47 bits per heavy atom. The summed E-state index contributed by atoms with van der Waals surface area (Å²) >= 11 is 0.161. The van der Waals surface area contributed by atoms with E-state index in [4.69, 9.17) is 5.73 Å². The van der Waals surface area contributed by atoms with E-state index < -0.39 is 83.1 Å². The number of carbonyl (C=O) groups is 4. The number of fused-ring (bicyclic) bond motifs is 1. The molecule has 1 aromatic heterocycles. The van der Waals surface area contributed by atoms with Crippen molar-refractivity contribution in [1.29, 1.82) is 0 Å². The number of thiazole rings is 1. The van der Waals surface area contributed by atoms with Gasteiger partial charge in [0.1, 0.15) is 17.8 Å². The van der Waals surface area contributed by atoms with Crippen LogP contribution in [0.5, 0.6) is 0 Å². The first-order valence-corrected chi connectivity index (χ1v) is 12.7. The van der Waals surface area contributed by atoms with E-state index in [9.17, 15) is 45.5 Å². The Labute approximate surface area is 216 Å². The fraction of sp³-hybridized carbons (Fsp3) is 0.682. The average molecular weight is 571 g/mol. The molecule has 2 saturated heterocycles. The van der Waals surface area contributed by atoms with Crippen LogP contribution in [0.3, 0.4) is 0 Å². The normalized spacial score (nSPS) is 28.3. The van der Waals surface area contributed by atoms with Crippen LogP contribution in [0.15, 0.2) is 5.38 Å². The van der Waals surface area contributed by atoms with Crippen LogP contribution >= 0.6 is 11.3 Å². The van der Waals surface area contributed by atoms with Crippen molar-refractivity contribution in [1.82, 2.24) is 15.2 Å². The van der Waals surface area contributed by atoms with Crippen molar-refractivity contribution in [3.8, 4) is 0 Å². The first-order chi connectivity index (χ1) is 17.7. The number of ketones is 1. The van der Waals surface area contributed by atoms with Gasteiger partial charge in [-0.05, 0) is 37.5 Å². The summed E-state index contributed by atoms with van der Waals surface area (Å²) < 4.78 is 81.7. The highest BCUT2D eigenvalue weighted by atomic mass is 32.1. The van der Waals surface area contributed by atoms with Crippen molar-refractivity contribution in [3.63, 3.8) is 0 Å². The molecule has 5 atom stereocenters. The second-order valence-electron chi connectivity index (χ2n) is 9.70. The second-order valence-corrected chi connectivity index (χ2v) is 10.6. The molecule has 0 aromatic carbocycles. The number of hydrogen-bond donors (Lipinski definition) is 2. The lowest BCUT2D eigenvalue weighted by Gasteiger charge is -2.45. The summed E-state index contributed by atoms with van der Waals surface area (Å²) in [5.74, 6) is -7.63. The Morgan fingerprint density at radius 1 is 1.21 bits per heavy atom. The van der Waals surface area contributed by atoms with E-state index in [1.54, 1.807) is 0 Å². The number of primary amides is 1. The van der Waals surface area contributed by atoms with E-state index >= 15 is 0 Å². The molecule has 3 amide bonds. The molecule has 0 bridgehead atoms. The molecular formula is C22H24F6N4O5S. The summed E-state index contributed by atoms with van der Waals surface area (Å²) in [6.07, 6.45) is -8.82. The van der Waals surface area contributed by atoms with Gasteiger partial charge in [-0.3, -0.25) is 23.9 Å². The van der Waals surface area contributed by atoms with Gasteiger partial charge in [-0.25, -0.2) is 4.98 Å². The number of nitrogens with two attached hydrogens (primary N) is 1. The lowest BCUT2D eigenvalue weighted by Crippen LogP contribution is -2.66. The molecule has 38 heavy (non-hydrogen) atoms. The summed E-state index contributed by atoms with van der Waals surface area (Å²) in [6, 6.07) is 0. The number of aromatic nitrogens is 1. The molecule has 1 aromatic rings. The maximum absolute atomic E-state index is 13.6. The molecule has 0 radical (unpaired) electrons. The standard InChI is InChI=1S/C22H24F6N4O5S/c23-21(24,25)19-31-14(9-38-19)17(35)32-7-11-2-1-3-12(11)20(32,18(29)36)13(6-10-4-5-30-16(10)34)15(33)8-37-22(26,27)28/h9-13H,1-8H2,(H2,29,36)(H,30,34)/t10-,11?,12?,13-,20?/m1/s1. The van der Waals surface area contributed by atoms with Crippen molar-refractivity contribution < 1.29 is 50.3 Å². The number of Topliss-reactive ketones (excluding diaryl/α,β-unsaturated/α-hetero) is 1. The van der Waals surface area contributed by atoms with E-state index in [0.717, 1.165) is 10.3 Å². The van der Waals surface area contributed by atoms with Crippen LogP contribution < -0.4 is 11.1 Å². The highest BCUT2D eigenvalue weighted by Gasteiger charge is 2.66. The lowest BCUT2D eigenvalue weighted by atomic mass is 9.67. The van der Waals surface area contributed by atoms with Crippen LogP contribution in [0, 0.1) is 23.7 Å². The van der Waals surface area contributed by atoms with Gasteiger partial charge < -0.3 is 16.0 Å². The smallest absolute Gasteiger partial charge is 0.368 e. The topological polar surface area (TPSA) is 132 Å². The fourth-order valence-corrected chi connectivity index (χ4v) is 6.87. The minimum absolute atomic E-state index is 0.161. The van der Waals surface area contributed by atoms with E-state index in [0.29, 0.717) is 19.3 Å². The number of alkyl halides is 6. The Hall–Kier alpha value is -2.75. The number of hydrogen-bond acceptors (Lipinski definition) is 7. The molecule has 9 nitrogen and oxygen atoms in total. The SMILES string of the molecule is NC(=O)C1([C@H](C[C@H]2CCNC2=O)C(=O)COC(F)(F)F)C2CCCC2CN1C(=O)c1csc(C(F)(F)F)n1. The van der Waals surface area contributed by atoms with Gasteiger partial charge in [0.05, 0.1) is 5.92 Å². The number of carbonyl (C=O) groups excluding carboxylic acids is 4. The van der Waals surface area contributed by atoms with E-state index in [2.05, 4.69) is 15.0 Å². The molecule has 1 aliphatic carbocycles. The van der Waals surface area contributed by atoms with Crippen LogP contribution in [0.1, 0.15) is 47.6 Å². The largest absolute Gasteiger partial charge is 0.522 e. The Morgan fingerprint density at radius 2 is 1.92 bits per heavy atom. The molecule has 16 heteroatoms. The van der Waals surface area contributed by atoms with Gasteiger partial charge in [0.2, 0.25) is 11.8 Å². The van der Waals surface area contributed by atoms with Crippen LogP contribution in [0.4, 0.5) is 26.3 Å². The van der Waals surface area contributed by atoms with Gasteiger partial charge in [0, 0.05) is 24.4 Å².